The number of benzene rings is 1. The van der Waals surface area contributed by atoms with Crippen LogP contribution in [0.3, 0.4) is 0 Å². The molecule has 0 atom stereocenters. The molecular weight excluding hydrogens is 162 g/mol. The van der Waals surface area contributed by atoms with E-state index in [0.29, 0.717) is 5.71 Å². The molecular formula is C11H15NO. The van der Waals surface area contributed by atoms with E-state index in [2.05, 4.69) is 25.1 Å². The second kappa shape index (κ2) is 4.08. The van der Waals surface area contributed by atoms with Gasteiger partial charge in [0.1, 0.15) is 0 Å². The molecule has 70 valence electrons. The first-order chi connectivity index (χ1) is 6.19. The molecule has 0 saturated heterocycles. The third-order valence-corrected chi connectivity index (χ3v) is 2.18. The van der Waals surface area contributed by atoms with Gasteiger partial charge in [-0.25, -0.2) is 0 Å². The van der Waals surface area contributed by atoms with Crippen LogP contribution in [0.25, 0.3) is 0 Å². The van der Waals surface area contributed by atoms with E-state index >= 15 is 0 Å². The van der Waals surface area contributed by atoms with Gasteiger partial charge in [-0.15, -0.1) is 0 Å². The van der Waals surface area contributed by atoms with Gasteiger partial charge in [0.15, 0.2) is 0 Å². The third-order valence-electron chi connectivity index (χ3n) is 2.18. The van der Waals surface area contributed by atoms with Gasteiger partial charge in [0, 0.05) is 5.56 Å². The minimum Gasteiger partial charge on any atom is -0.411 e. The van der Waals surface area contributed by atoms with Crippen LogP contribution in [0.15, 0.2) is 23.4 Å². The van der Waals surface area contributed by atoms with Gasteiger partial charge < -0.3 is 5.21 Å². The van der Waals surface area contributed by atoms with Crippen molar-refractivity contribution in [1.29, 1.82) is 0 Å². The first-order valence-corrected chi connectivity index (χ1v) is 4.47. The molecule has 0 amide bonds. The van der Waals surface area contributed by atoms with E-state index in [1.54, 1.807) is 0 Å². The van der Waals surface area contributed by atoms with Crippen LogP contribution in [0.4, 0.5) is 0 Å². The lowest BCUT2D eigenvalue weighted by molar-refractivity contribution is 0.319. The monoisotopic (exact) mass is 177 g/mol. The van der Waals surface area contributed by atoms with Crippen molar-refractivity contribution in [2.45, 2.75) is 27.2 Å². The van der Waals surface area contributed by atoms with Crippen LogP contribution in [0, 0.1) is 6.92 Å². The fourth-order valence-corrected chi connectivity index (χ4v) is 1.42. The van der Waals surface area contributed by atoms with E-state index in [-0.39, 0.29) is 0 Å². The highest BCUT2D eigenvalue weighted by atomic mass is 16.4. The highest BCUT2D eigenvalue weighted by Crippen LogP contribution is 2.13. The van der Waals surface area contributed by atoms with E-state index < -0.39 is 0 Å². The van der Waals surface area contributed by atoms with Crippen molar-refractivity contribution >= 4 is 5.71 Å². The standard InChI is InChI=1S/C11H15NO/c1-4-10-7-8(2)5-6-11(10)9(3)12-13/h5-7,13H,4H2,1-3H3. The average molecular weight is 177 g/mol. The Kier molecular flexibility index (Phi) is 3.07. The molecule has 0 spiro atoms. The summed E-state index contributed by atoms with van der Waals surface area (Å²) in [7, 11) is 0. The Morgan fingerprint density at radius 3 is 2.69 bits per heavy atom. The van der Waals surface area contributed by atoms with Crippen molar-refractivity contribution in [2.24, 2.45) is 5.16 Å². The fourth-order valence-electron chi connectivity index (χ4n) is 1.42. The molecule has 1 N–H and O–H groups in total. The number of hydrogen-bond donors (Lipinski definition) is 1. The highest BCUT2D eigenvalue weighted by molar-refractivity contribution is 5.99. The van der Waals surface area contributed by atoms with Gasteiger partial charge in [-0.3, -0.25) is 0 Å². The highest BCUT2D eigenvalue weighted by Gasteiger charge is 2.03. The van der Waals surface area contributed by atoms with Crippen LogP contribution in [-0.2, 0) is 6.42 Å². The van der Waals surface area contributed by atoms with E-state index in [1.807, 2.05) is 19.1 Å². The largest absolute Gasteiger partial charge is 0.411 e. The minimum absolute atomic E-state index is 0.678. The molecule has 0 aromatic heterocycles. The van der Waals surface area contributed by atoms with E-state index in [1.165, 1.54) is 11.1 Å². The summed E-state index contributed by atoms with van der Waals surface area (Å²) in [5, 5.41) is 11.9. The van der Waals surface area contributed by atoms with Gasteiger partial charge in [-0.1, -0.05) is 35.8 Å². The van der Waals surface area contributed by atoms with Crippen LogP contribution in [0.2, 0.25) is 0 Å². The molecule has 0 unspecified atom stereocenters. The van der Waals surface area contributed by atoms with Crippen LogP contribution in [-0.4, -0.2) is 10.9 Å². The first kappa shape index (κ1) is 9.78. The Bertz CT molecular complexity index is 329. The zero-order valence-electron chi connectivity index (χ0n) is 8.33. The number of nitrogens with zero attached hydrogens (tertiary/aromatic N) is 1. The quantitative estimate of drug-likeness (QED) is 0.420. The average Bonchev–Trinajstić information content (AvgIpc) is 2.16. The summed E-state index contributed by atoms with van der Waals surface area (Å²) in [6, 6.07) is 6.16. The maximum Gasteiger partial charge on any atom is 0.0839 e. The Labute approximate surface area is 78.9 Å². The Morgan fingerprint density at radius 1 is 1.46 bits per heavy atom. The molecule has 0 aliphatic carbocycles. The molecule has 2 heteroatoms. The van der Waals surface area contributed by atoms with Crippen molar-refractivity contribution in [1.82, 2.24) is 0 Å². The lowest BCUT2D eigenvalue weighted by Crippen LogP contribution is -2.00. The smallest absolute Gasteiger partial charge is 0.0839 e. The molecule has 13 heavy (non-hydrogen) atoms. The van der Waals surface area contributed by atoms with Crippen LogP contribution < -0.4 is 0 Å². The Balaban J connectivity index is 3.21. The SMILES string of the molecule is CCc1cc(C)ccc1C(C)=NO. The number of oxime groups is 1. The first-order valence-electron chi connectivity index (χ1n) is 4.47. The number of aryl methyl sites for hydroxylation is 2. The topological polar surface area (TPSA) is 32.6 Å². The van der Waals surface area contributed by atoms with Crippen molar-refractivity contribution in [2.75, 3.05) is 0 Å². The normalized spacial score (nSPS) is 11.8. The maximum absolute atomic E-state index is 8.67. The second-order valence-electron chi connectivity index (χ2n) is 3.20. The molecule has 0 aliphatic rings. The summed E-state index contributed by atoms with van der Waals surface area (Å²) in [5.41, 5.74) is 4.19. The summed E-state index contributed by atoms with van der Waals surface area (Å²) in [6.45, 7) is 5.97. The summed E-state index contributed by atoms with van der Waals surface area (Å²) in [5.74, 6) is 0. The van der Waals surface area contributed by atoms with Gasteiger partial charge >= 0.3 is 0 Å². The van der Waals surface area contributed by atoms with Gasteiger partial charge in [0.2, 0.25) is 0 Å². The molecule has 1 rings (SSSR count). The molecule has 1 aromatic carbocycles. The van der Waals surface area contributed by atoms with Crippen molar-refractivity contribution < 1.29 is 5.21 Å². The fraction of sp³-hybridized carbons (Fsp3) is 0.364. The summed E-state index contributed by atoms with van der Waals surface area (Å²) >= 11 is 0. The van der Waals surface area contributed by atoms with Gasteiger partial charge in [-0.05, 0) is 25.8 Å². The molecule has 0 heterocycles. The maximum atomic E-state index is 8.67. The Hall–Kier alpha value is -1.31. The predicted octanol–water partition coefficient (Wildman–Crippen LogP) is 2.76. The molecule has 0 bridgehead atoms. The molecule has 0 saturated carbocycles. The van der Waals surface area contributed by atoms with Crippen molar-refractivity contribution in [3.63, 3.8) is 0 Å². The summed E-state index contributed by atoms with van der Waals surface area (Å²) in [4.78, 5) is 0. The van der Waals surface area contributed by atoms with Crippen LogP contribution in [0.5, 0.6) is 0 Å². The minimum atomic E-state index is 0.678. The van der Waals surface area contributed by atoms with E-state index in [4.69, 9.17) is 5.21 Å². The molecule has 0 radical (unpaired) electrons. The summed E-state index contributed by atoms with van der Waals surface area (Å²) < 4.78 is 0. The van der Waals surface area contributed by atoms with E-state index in [9.17, 15) is 0 Å². The number of hydrogen-bond acceptors (Lipinski definition) is 2. The predicted molar refractivity (Wildman–Crippen MR) is 54.6 cm³/mol. The number of rotatable bonds is 2. The summed E-state index contributed by atoms with van der Waals surface area (Å²) in [6.07, 6.45) is 0.962. The Morgan fingerprint density at radius 2 is 2.15 bits per heavy atom. The van der Waals surface area contributed by atoms with Crippen LogP contribution in [0.1, 0.15) is 30.5 Å². The third kappa shape index (κ3) is 2.08. The zero-order chi connectivity index (χ0) is 9.84. The molecule has 2 nitrogen and oxygen atoms in total. The molecule has 0 aliphatic heterocycles. The van der Waals surface area contributed by atoms with Gasteiger partial charge in [0.05, 0.1) is 5.71 Å². The van der Waals surface area contributed by atoms with E-state index in [0.717, 1.165) is 12.0 Å². The van der Waals surface area contributed by atoms with Crippen LogP contribution >= 0.6 is 0 Å². The second-order valence-corrected chi connectivity index (χ2v) is 3.20. The van der Waals surface area contributed by atoms with Gasteiger partial charge in [-0.2, -0.15) is 0 Å². The lowest BCUT2D eigenvalue weighted by atomic mass is 9.99. The zero-order valence-corrected chi connectivity index (χ0v) is 8.33. The lowest BCUT2D eigenvalue weighted by Gasteiger charge is -2.06. The van der Waals surface area contributed by atoms with Crippen molar-refractivity contribution in [3.05, 3.63) is 34.9 Å². The molecule has 0 fully saturated rings. The van der Waals surface area contributed by atoms with Gasteiger partial charge in [0.25, 0.3) is 0 Å². The molecule has 1 aromatic rings. The van der Waals surface area contributed by atoms with Crippen molar-refractivity contribution in [3.8, 4) is 0 Å².